The Labute approximate surface area is 133 Å². The maximum absolute atomic E-state index is 12.0. The van der Waals surface area contributed by atoms with Crippen LogP contribution in [-0.4, -0.2) is 22.8 Å². The highest BCUT2D eigenvalue weighted by atomic mass is 32.2. The lowest BCUT2D eigenvalue weighted by Gasteiger charge is -2.11. The van der Waals surface area contributed by atoms with E-state index in [4.69, 9.17) is 4.74 Å². The van der Waals surface area contributed by atoms with Gasteiger partial charge in [-0.1, -0.05) is 43.0 Å². The second-order valence-corrected chi connectivity index (χ2v) is 5.42. The number of thioether (sulfide) groups is 1. The zero-order chi connectivity index (χ0) is 15.9. The molecule has 1 heterocycles. The second kappa shape index (κ2) is 7.78. The molecule has 0 saturated heterocycles. The van der Waals surface area contributed by atoms with Gasteiger partial charge in [0.2, 0.25) is 0 Å². The van der Waals surface area contributed by atoms with Crippen molar-refractivity contribution in [1.29, 1.82) is 5.26 Å². The van der Waals surface area contributed by atoms with Crippen LogP contribution in [0.5, 0.6) is 0 Å². The molecule has 0 fully saturated rings. The molecule has 0 radical (unpaired) electrons. The number of aromatic nitrogens is 2. The Balaban J connectivity index is 2.54. The van der Waals surface area contributed by atoms with Crippen molar-refractivity contribution < 1.29 is 4.74 Å². The van der Waals surface area contributed by atoms with Gasteiger partial charge in [0, 0.05) is 12.2 Å². The third-order valence-corrected chi connectivity index (χ3v) is 3.66. The first-order chi connectivity index (χ1) is 10.7. The SMILES string of the molecule is CCCOCc1ccccc1-c1nc(SC)[nH]c(=O)c1C#N. The van der Waals surface area contributed by atoms with Gasteiger partial charge in [0.05, 0.1) is 12.3 Å². The summed E-state index contributed by atoms with van der Waals surface area (Å²) in [5.74, 6) is 0. The summed E-state index contributed by atoms with van der Waals surface area (Å²) in [6, 6.07) is 9.50. The van der Waals surface area contributed by atoms with Crippen LogP contribution in [0.15, 0.2) is 34.2 Å². The number of nitriles is 1. The molecule has 6 heteroatoms. The quantitative estimate of drug-likeness (QED) is 0.504. The minimum atomic E-state index is -0.416. The van der Waals surface area contributed by atoms with Gasteiger partial charge in [0.25, 0.3) is 5.56 Å². The normalized spacial score (nSPS) is 10.4. The molecule has 1 aromatic heterocycles. The molecule has 0 bridgehead atoms. The number of nitrogens with zero attached hydrogens (tertiary/aromatic N) is 2. The maximum atomic E-state index is 12.0. The fourth-order valence-corrected chi connectivity index (χ4v) is 2.43. The number of nitrogens with one attached hydrogen (secondary N) is 1. The minimum absolute atomic E-state index is 0.0285. The van der Waals surface area contributed by atoms with Gasteiger partial charge in [0.15, 0.2) is 5.16 Å². The van der Waals surface area contributed by atoms with Crippen LogP contribution in [0.3, 0.4) is 0 Å². The van der Waals surface area contributed by atoms with Gasteiger partial charge in [-0.15, -0.1) is 0 Å². The number of rotatable bonds is 6. The van der Waals surface area contributed by atoms with Gasteiger partial charge in [-0.3, -0.25) is 4.79 Å². The molecule has 0 saturated carbocycles. The number of benzene rings is 1. The number of H-pyrrole nitrogens is 1. The van der Waals surface area contributed by atoms with Gasteiger partial charge < -0.3 is 9.72 Å². The Bertz CT molecular complexity index is 750. The van der Waals surface area contributed by atoms with E-state index in [1.807, 2.05) is 43.5 Å². The van der Waals surface area contributed by atoms with E-state index in [9.17, 15) is 10.1 Å². The summed E-state index contributed by atoms with van der Waals surface area (Å²) in [6.45, 7) is 3.14. The van der Waals surface area contributed by atoms with Crippen molar-refractivity contribution in [3.63, 3.8) is 0 Å². The molecule has 0 unspecified atom stereocenters. The lowest BCUT2D eigenvalue weighted by Crippen LogP contribution is -2.15. The Kier molecular flexibility index (Phi) is 5.75. The molecule has 2 rings (SSSR count). The highest BCUT2D eigenvalue weighted by Crippen LogP contribution is 2.25. The standard InChI is InChI=1S/C16H17N3O2S/c1-3-8-21-10-11-6-4-5-7-12(11)14-13(9-17)15(20)19-16(18-14)22-2/h4-7H,3,8,10H2,1-2H3,(H,18,19,20). The highest BCUT2D eigenvalue weighted by Gasteiger charge is 2.15. The second-order valence-electron chi connectivity index (χ2n) is 4.62. The van der Waals surface area contributed by atoms with Crippen LogP contribution < -0.4 is 5.56 Å². The van der Waals surface area contributed by atoms with Crippen LogP contribution in [-0.2, 0) is 11.3 Å². The summed E-state index contributed by atoms with van der Waals surface area (Å²) >= 11 is 1.33. The predicted octanol–water partition coefficient (Wildman–Crippen LogP) is 2.96. The Hall–Kier alpha value is -2.10. The summed E-state index contributed by atoms with van der Waals surface area (Å²) in [6.07, 6.45) is 2.76. The van der Waals surface area contributed by atoms with E-state index < -0.39 is 5.56 Å². The monoisotopic (exact) mass is 315 g/mol. The minimum Gasteiger partial charge on any atom is -0.377 e. The number of ether oxygens (including phenoxy) is 1. The summed E-state index contributed by atoms with van der Waals surface area (Å²) in [7, 11) is 0. The fraction of sp³-hybridized carbons (Fsp3) is 0.312. The molecule has 5 nitrogen and oxygen atoms in total. The number of hydrogen-bond acceptors (Lipinski definition) is 5. The molecule has 22 heavy (non-hydrogen) atoms. The van der Waals surface area contributed by atoms with Gasteiger partial charge in [-0.05, 0) is 18.2 Å². The van der Waals surface area contributed by atoms with Crippen molar-refractivity contribution in [2.24, 2.45) is 0 Å². The lowest BCUT2D eigenvalue weighted by molar-refractivity contribution is 0.122. The molecule has 0 amide bonds. The molecule has 1 aromatic carbocycles. The van der Waals surface area contributed by atoms with E-state index in [1.165, 1.54) is 11.8 Å². The first kappa shape index (κ1) is 16.3. The number of hydrogen-bond donors (Lipinski definition) is 1. The molecule has 0 aliphatic carbocycles. The summed E-state index contributed by atoms with van der Waals surface area (Å²) < 4.78 is 5.59. The molecular formula is C16H17N3O2S. The van der Waals surface area contributed by atoms with Crippen molar-refractivity contribution in [1.82, 2.24) is 9.97 Å². The first-order valence-electron chi connectivity index (χ1n) is 6.95. The molecule has 0 spiro atoms. The van der Waals surface area contributed by atoms with Crippen molar-refractivity contribution in [3.8, 4) is 17.3 Å². The van der Waals surface area contributed by atoms with E-state index in [1.54, 1.807) is 0 Å². The van der Waals surface area contributed by atoms with E-state index >= 15 is 0 Å². The van der Waals surface area contributed by atoms with E-state index in [2.05, 4.69) is 9.97 Å². The third kappa shape index (κ3) is 3.56. The van der Waals surface area contributed by atoms with Gasteiger partial charge in [-0.2, -0.15) is 5.26 Å². The van der Waals surface area contributed by atoms with Crippen molar-refractivity contribution in [2.75, 3.05) is 12.9 Å². The van der Waals surface area contributed by atoms with Gasteiger partial charge in [-0.25, -0.2) is 4.98 Å². The topological polar surface area (TPSA) is 78.8 Å². The van der Waals surface area contributed by atoms with Crippen molar-refractivity contribution in [2.45, 2.75) is 25.1 Å². The van der Waals surface area contributed by atoms with Crippen LogP contribution in [0, 0.1) is 11.3 Å². The molecule has 1 N–H and O–H groups in total. The zero-order valence-corrected chi connectivity index (χ0v) is 13.4. The van der Waals surface area contributed by atoms with Gasteiger partial charge in [0.1, 0.15) is 11.6 Å². The summed E-state index contributed by atoms with van der Waals surface area (Å²) in [4.78, 5) is 19.0. The predicted molar refractivity (Wildman–Crippen MR) is 86.7 cm³/mol. The highest BCUT2D eigenvalue weighted by molar-refractivity contribution is 7.98. The van der Waals surface area contributed by atoms with Crippen LogP contribution in [0.1, 0.15) is 24.5 Å². The van der Waals surface area contributed by atoms with Crippen LogP contribution in [0.4, 0.5) is 0 Å². The fourth-order valence-electron chi connectivity index (χ4n) is 2.05. The van der Waals surface area contributed by atoms with Crippen LogP contribution in [0.2, 0.25) is 0 Å². The number of aromatic amines is 1. The van der Waals surface area contributed by atoms with E-state index in [-0.39, 0.29) is 5.56 Å². The van der Waals surface area contributed by atoms with Crippen molar-refractivity contribution >= 4 is 11.8 Å². The van der Waals surface area contributed by atoms with E-state index in [0.717, 1.165) is 17.5 Å². The molecule has 0 aliphatic rings. The molecular weight excluding hydrogens is 298 g/mol. The van der Waals surface area contributed by atoms with Crippen molar-refractivity contribution in [3.05, 3.63) is 45.7 Å². The Morgan fingerprint density at radius 3 is 2.86 bits per heavy atom. The van der Waals surface area contributed by atoms with Crippen LogP contribution in [0.25, 0.3) is 11.3 Å². The van der Waals surface area contributed by atoms with E-state index in [0.29, 0.717) is 24.1 Å². The summed E-state index contributed by atoms with van der Waals surface area (Å²) in [5.41, 5.74) is 1.70. The lowest BCUT2D eigenvalue weighted by atomic mass is 10.0. The molecule has 0 aliphatic heterocycles. The average Bonchev–Trinajstić information content (AvgIpc) is 2.54. The largest absolute Gasteiger partial charge is 0.377 e. The Morgan fingerprint density at radius 2 is 2.18 bits per heavy atom. The maximum Gasteiger partial charge on any atom is 0.270 e. The molecule has 114 valence electrons. The van der Waals surface area contributed by atoms with Gasteiger partial charge >= 0.3 is 0 Å². The smallest absolute Gasteiger partial charge is 0.270 e. The molecule has 2 aromatic rings. The molecule has 0 atom stereocenters. The summed E-state index contributed by atoms with van der Waals surface area (Å²) in [5, 5.41) is 9.77. The first-order valence-corrected chi connectivity index (χ1v) is 8.18. The Morgan fingerprint density at radius 1 is 1.41 bits per heavy atom. The third-order valence-electron chi connectivity index (χ3n) is 3.08. The zero-order valence-electron chi connectivity index (χ0n) is 12.5. The average molecular weight is 315 g/mol. The van der Waals surface area contributed by atoms with Crippen LogP contribution >= 0.6 is 11.8 Å².